The maximum Gasteiger partial charge on any atom is 0.147 e. The van der Waals surface area contributed by atoms with E-state index in [1.54, 1.807) is 13.4 Å². The molecule has 0 N–H and O–H groups in total. The third-order valence-corrected chi connectivity index (χ3v) is 3.84. The smallest absolute Gasteiger partial charge is 0.147 e. The molecule has 1 aliphatic rings. The SMILES string of the molecule is COCCn1cnnc1CN(C)C[C@@H]1CCCN1C. The Morgan fingerprint density at radius 3 is 3.05 bits per heavy atom. The summed E-state index contributed by atoms with van der Waals surface area (Å²) in [4.78, 5) is 4.78. The van der Waals surface area contributed by atoms with Crippen LogP contribution in [0.5, 0.6) is 0 Å². The van der Waals surface area contributed by atoms with Crippen molar-refractivity contribution in [3.8, 4) is 0 Å². The molecule has 0 aromatic carbocycles. The topological polar surface area (TPSA) is 46.4 Å². The molecule has 6 nitrogen and oxygen atoms in total. The van der Waals surface area contributed by atoms with Crippen LogP contribution in [0, 0.1) is 0 Å². The van der Waals surface area contributed by atoms with Crippen LogP contribution < -0.4 is 0 Å². The standard InChI is InChI=1S/C13H25N5O/c1-16(9-12-5-4-6-17(12)2)10-13-15-14-11-18(13)7-8-19-3/h11-12H,4-10H2,1-3H3/t12-/m0/s1. The van der Waals surface area contributed by atoms with E-state index < -0.39 is 0 Å². The zero-order chi connectivity index (χ0) is 13.7. The van der Waals surface area contributed by atoms with E-state index in [2.05, 4.69) is 38.7 Å². The van der Waals surface area contributed by atoms with Gasteiger partial charge in [-0.3, -0.25) is 4.90 Å². The van der Waals surface area contributed by atoms with E-state index in [9.17, 15) is 0 Å². The summed E-state index contributed by atoms with van der Waals surface area (Å²) in [6.07, 6.45) is 4.40. The van der Waals surface area contributed by atoms with E-state index in [0.717, 1.165) is 25.5 Å². The summed E-state index contributed by atoms with van der Waals surface area (Å²) >= 11 is 0. The summed E-state index contributed by atoms with van der Waals surface area (Å²) in [5.74, 6) is 1.01. The molecule has 2 heterocycles. The number of nitrogens with zero attached hydrogens (tertiary/aromatic N) is 5. The molecule has 2 rings (SSSR count). The van der Waals surface area contributed by atoms with Gasteiger partial charge < -0.3 is 14.2 Å². The third kappa shape index (κ3) is 3.99. The van der Waals surface area contributed by atoms with Crippen molar-refractivity contribution in [3.05, 3.63) is 12.2 Å². The van der Waals surface area contributed by atoms with Crippen molar-refractivity contribution >= 4 is 0 Å². The summed E-state index contributed by atoms with van der Waals surface area (Å²) in [6.45, 7) is 4.67. The number of rotatable bonds is 7. The molecule has 1 aliphatic heterocycles. The number of methoxy groups -OCH3 is 1. The molecule has 1 saturated heterocycles. The number of likely N-dealkylation sites (N-methyl/N-ethyl adjacent to an activating group) is 2. The Labute approximate surface area is 115 Å². The second-order valence-corrected chi connectivity index (χ2v) is 5.41. The molecule has 1 fully saturated rings. The number of hydrogen-bond acceptors (Lipinski definition) is 5. The van der Waals surface area contributed by atoms with Gasteiger partial charge in [0, 0.05) is 26.2 Å². The van der Waals surface area contributed by atoms with Crippen molar-refractivity contribution < 1.29 is 4.74 Å². The number of aromatic nitrogens is 3. The highest BCUT2D eigenvalue weighted by atomic mass is 16.5. The van der Waals surface area contributed by atoms with E-state index in [1.165, 1.54) is 19.4 Å². The van der Waals surface area contributed by atoms with Crippen molar-refractivity contribution in [3.63, 3.8) is 0 Å². The van der Waals surface area contributed by atoms with Crippen molar-refractivity contribution in [2.45, 2.75) is 32.0 Å². The van der Waals surface area contributed by atoms with Crippen molar-refractivity contribution in [2.24, 2.45) is 0 Å². The zero-order valence-corrected chi connectivity index (χ0v) is 12.2. The molecule has 1 aromatic rings. The lowest BCUT2D eigenvalue weighted by Crippen LogP contribution is -2.36. The second-order valence-electron chi connectivity index (χ2n) is 5.41. The van der Waals surface area contributed by atoms with Gasteiger partial charge in [0.15, 0.2) is 0 Å². The van der Waals surface area contributed by atoms with E-state index >= 15 is 0 Å². The van der Waals surface area contributed by atoms with E-state index in [4.69, 9.17) is 4.74 Å². The fourth-order valence-corrected chi connectivity index (χ4v) is 2.65. The summed E-state index contributed by atoms with van der Waals surface area (Å²) in [7, 11) is 6.08. The molecule has 0 bridgehead atoms. The summed E-state index contributed by atoms with van der Waals surface area (Å²) in [5.41, 5.74) is 0. The van der Waals surface area contributed by atoms with Gasteiger partial charge in [0.1, 0.15) is 12.2 Å². The third-order valence-electron chi connectivity index (χ3n) is 3.84. The van der Waals surface area contributed by atoms with Crippen molar-refractivity contribution in [2.75, 3.05) is 40.9 Å². The van der Waals surface area contributed by atoms with Gasteiger partial charge in [-0.2, -0.15) is 0 Å². The zero-order valence-electron chi connectivity index (χ0n) is 12.2. The number of likely N-dealkylation sites (tertiary alicyclic amines) is 1. The van der Waals surface area contributed by atoms with Gasteiger partial charge in [0.25, 0.3) is 0 Å². The minimum Gasteiger partial charge on any atom is -0.383 e. The highest BCUT2D eigenvalue weighted by Crippen LogP contribution is 2.16. The predicted molar refractivity (Wildman–Crippen MR) is 73.9 cm³/mol. The van der Waals surface area contributed by atoms with Crippen molar-refractivity contribution in [1.82, 2.24) is 24.6 Å². The average Bonchev–Trinajstić information content (AvgIpc) is 2.97. The predicted octanol–water partition coefficient (Wildman–Crippen LogP) is 0.451. The Bertz CT molecular complexity index is 381. The van der Waals surface area contributed by atoms with E-state index in [-0.39, 0.29) is 0 Å². The summed E-state index contributed by atoms with van der Waals surface area (Å²) < 4.78 is 7.17. The molecule has 0 aliphatic carbocycles. The van der Waals surface area contributed by atoms with Gasteiger partial charge in [0.2, 0.25) is 0 Å². The van der Waals surface area contributed by atoms with Crippen LogP contribution in [0.3, 0.4) is 0 Å². The van der Waals surface area contributed by atoms with Gasteiger partial charge in [-0.1, -0.05) is 0 Å². The van der Waals surface area contributed by atoms with Crippen LogP contribution in [0.2, 0.25) is 0 Å². The first-order chi connectivity index (χ1) is 9.20. The van der Waals surface area contributed by atoms with Crippen LogP contribution in [-0.4, -0.2) is 71.5 Å². The Kier molecular flexibility index (Phi) is 5.30. The van der Waals surface area contributed by atoms with Gasteiger partial charge in [0.05, 0.1) is 13.2 Å². The Morgan fingerprint density at radius 1 is 1.53 bits per heavy atom. The first kappa shape index (κ1) is 14.4. The quantitative estimate of drug-likeness (QED) is 0.718. The van der Waals surface area contributed by atoms with Crippen LogP contribution in [-0.2, 0) is 17.8 Å². The fourth-order valence-electron chi connectivity index (χ4n) is 2.65. The normalized spacial score (nSPS) is 20.5. The number of hydrogen-bond donors (Lipinski definition) is 0. The lowest BCUT2D eigenvalue weighted by atomic mass is 10.2. The van der Waals surface area contributed by atoms with Crippen LogP contribution >= 0.6 is 0 Å². The first-order valence-corrected chi connectivity index (χ1v) is 6.95. The molecule has 108 valence electrons. The summed E-state index contributed by atoms with van der Waals surface area (Å²) in [6, 6.07) is 0.681. The molecule has 6 heteroatoms. The van der Waals surface area contributed by atoms with E-state index in [1.807, 2.05) is 0 Å². The molecule has 0 unspecified atom stereocenters. The molecule has 0 spiro atoms. The van der Waals surface area contributed by atoms with Crippen LogP contribution in [0.4, 0.5) is 0 Å². The van der Waals surface area contributed by atoms with Gasteiger partial charge in [-0.25, -0.2) is 0 Å². The maximum atomic E-state index is 5.10. The van der Waals surface area contributed by atoms with Gasteiger partial charge in [-0.15, -0.1) is 10.2 Å². The van der Waals surface area contributed by atoms with Crippen molar-refractivity contribution in [1.29, 1.82) is 0 Å². The first-order valence-electron chi connectivity index (χ1n) is 6.95. The minimum absolute atomic E-state index is 0.681. The average molecular weight is 267 g/mol. The Hall–Kier alpha value is -0.980. The summed E-state index contributed by atoms with van der Waals surface area (Å²) in [5, 5.41) is 8.20. The van der Waals surface area contributed by atoms with Crippen LogP contribution in [0.15, 0.2) is 6.33 Å². The monoisotopic (exact) mass is 267 g/mol. The lowest BCUT2D eigenvalue weighted by Gasteiger charge is -2.25. The molecule has 19 heavy (non-hydrogen) atoms. The lowest BCUT2D eigenvalue weighted by molar-refractivity contribution is 0.182. The molecule has 1 aromatic heterocycles. The fraction of sp³-hybridized carbons (Fsp3) is 0.846. The molecule has 1 atom stereocenters. The molecular weight excluding hydrogens is 242 g/mol. The second kappa shape index (κ2) is 6.98. The van der Waals surface area contributed by atoms with Crippen LogP contribution in [0.25, 0.3) is 0 Å². The largest absolute Gasteiger partial charge is 0.383 e. The Morgan fingerprint density at radius 2 is 2.37 bits per heavy atom. The van der Waals surface area contributed by atoms with Gasteiger partial charge >= 0.3 is 0 Å². The van der Waals surface area contributed by atoms with Crippen LogP contribution in [0.1, 0.15) is 18.7 Å². The molecule has 0 amide bonds. The molecule has 0 saturated carbocycles. The van der Waals surface area contributed by atoms with E-state index in [0.29, 0.717) is 12.6 Å². The highest BCUT2D eigenvalue weighted by molar-refractivity contribution is 4.87. The molecular formula is C13H25N5O. The van der Waals surface area contributed by atoms with Gasteiger partial charge in [-0.05, 0) is 33.5 Å². The Balaban J connectivity index is 1.84. The maximum absolute atomic E-state index is 5.10. The highest BCUT2D eigenvalue weighted by Gasteiger charge is 2.22. The molecule has 0 radical (unpaired) electrons. The number of ether oxygens (including phenoxy) is 1. The minimum atomic E-state index is 0.681.